The third-order valence-electron chi connectivity index (χ3n) is 6.77. The van der Waals surface area contributed by atoms with Gasteiger partial charge in [0.25, 0.3) is 0 Å². The van der Waals surface area contributed by atoms with Crippen molar-refractivity contribution in [2.24, 2.45) is 28.7 Å². The minimum Gasteiger partial charge on any atom is -0.357 e. The van der Waals surface area contributed by atoms with E-state index in [4.69, 9.17) is 0 Å². The van der Waals surface area contributed by atoms with E-state index in [9.17, 15) is 9.59 Å². The molecule has 0 radical (unpaired) electrons. The van der Waals surface area contributed by atoms with Crippen molar-refractivity contribution < 1.29 is 9.59 Å². The van der Waals surface area contributed by atoms with E-state index >= 15 is 0 Å². The number of hydrogen-bond donors (Lipinski definition) is 2. The number of nitrogens with zero attached hydrogens (tertiary/aromatic N) is 2. The third kappa shape index (κ3) is 4.14. The summed E-state index contributed by atoms with van der Waals surface area (Å²) in [4.78, 5) is 31.7. The number of guanidine groups is 1. The highest BCUT2D eigenvalue weighted by Gasteiger charge is 2.58. The lowest BCUT2D eigenvalue weighted by Crippen LogP contribution is -2.43. The number of halogens is 1. The van der Waals surface area contributed by atoms with Crippen molar-refractivity contribution in [1.82, 2.24) is 15.5 Å². The van der Waals surface area contributed by atoms with Gasteiger partial charge in [-0.15, -0.1) is 24.0 Å². The predicted molar refractivity (Wildman–Crippen MR) is 137 cm³/mol. The summed E-state index contributed by atoms with van der Waals surface area (Å²) in [5, 5.41) is 8.94. The number of carbonyl (C=O) groups is 2. The van der Waals surface area contributed by atoms with E-state index in [1.807, 2.05) is 19.1 Å². The number of hydrogen-bond acceptors (Lipinski definition) is 3. The standard InChI is InChI=1S/C25H28N4O2.HI/c1-2-26-25(28-15-16-7-8-17-5-3-4-6-18(17)13-16)27-11-12-29-23(30)21-19-9-10-20(14-19)22(21)24(29)31;/h3-10,13,19-22H,2,11-12,14-15H2,1H3,(H2,26,27,28);1H. The van der Waals surface area contributed by atoms with Gasteiger partial charge >= 0.3 is 0 Å². The van der Waals surface area contributed by atoms with Crippen molar-refractivity contribution in [3.05, 3.63) is 60.2 Å². The van der Waals surface area contributed by atoms with Crippen LogP contribution in [0, 0.1) is 23.7 Å². The molecule has 0 spiro atoms. The van der Waals surface area contributed by atoms with Crippen molar-refractivity contribution in [2.45, 2.75) is 19.9 Å². The predicted octanol–water partition coefficient (Wildman–Crippen LogP) is 3.32. The smallest absolute Gasteiger partial charge is 0.233 e. The van der Waals surface area contributed by atoms with Crippen LogP contribution in [0.4, 0.5) is 0 Å². The largest absolute Gasteiger partial charge is 0.357 e. The van der Waals surface area contributed by atoms with Crippen LogP contribution in [0.1, 0.15) is 18.9 Å². The monoisotopic (exact) mass is 544 g/mol. The molecule has 4 unspecified atom stereocenters. The van der Waals surface area contributed by atoms with E-state index in [-0.39, 0.29) is 59.5 Å². The van der Waals surface area contributed by atoms with Gasteiger partial charge in [-0.25, -0.2) is 4.99 Å². The van der Waals surface area contributed by atoms with E-state index in [1.54, 1.807) is 0 Å². The molecule has 2 fully saturated rings. The molecule has 1 saturated heterocycles. The number of nitrogens with one attached hydrogen (secondary N) is 2. The lowest BCUT2D eigenvalue weighted by molar-refractivity contribution is -0.140. The Kier molecular flexibility index (Phi) is 6.83. The fourth-order valence-electron chi connectivity index (χ4n) is 5.32. The van der Waals surface area contributed by atoms with Crippen LogP contribution in [0.3, 0.4) is 0 Å². The molecule has 1 saturated carbocycles. The van der Waals surface area contributed by atoms with Gasteiger partial charge in [0.15, 0.2) is 5.96 Å². The van der Waals surface area contributed by atoms with Crippen LogP contribution < -0.4 is 10.6 Å². The maximum Gasteiger partial charge on any atom is 0.233 e. The summed E-state index contributed by atoms with van der Waals surface area (Å²) in [6.07, 6.45) is 5.22. The number of fused-ring (bicyclic) bond motifs is 6. The van der Waals surface area contributed by atoms with Crippen molar-refractivity contribution in [1.29, 1.82) is 0 Å². The molecule has 0 aromatic heterocycles. The normalized spacial score (nSPS) is 25.9. The summed E-state index contributed by atoms with van der Waals surface area (Å²) in [6.45, 7) is 4.18. The first-order valence-electron chi connectivity index (χ1n) is 11.2. The Bertz CT molecular complexity index is 1050. The topological polar surface area (TPSA) is 73.8 Å². The first-order chi connectivity index (χ1) is 15.2. The molecule has 2 aromatic carbocycles. The number of allylic oxidation sites excluding steroid dienone is 2. The number of rotatable bonds is 6. The molecule has 2 amide bonds. The Hall–Kier alpha value is -2.42. The minimum atomic E-state index is -0.127. The maximum atomic E-state index is 12.8. The molecule has 2 aromatic rings. The molecular weight excluding hydrogens is 515 g/mol. The Morgan fingerprint density at radius 1 is 1.00 bits per heavy atom. The maximum absolute atomic E-state index is 12.8. The summed E-state index contributed by atoms with van der Waals surface area (Å²) in [5.74, 6) is 0.959. The molecule has 4 atom stereocenters. The molecule has 6 nitrogen and oxygen atoms in total. The molecular formula is C25H29IN4O2. The molecule has 2 N–H and O–H groups in total. The molecule has 1 aliphatic heterocycles. The van der Waals surface area contributed by atoms with Crippen LogP contribution in [0.25, 0.3) is 10.8 Å². The number of likely N-dealkylation sites (tertiary alicyclic amines) is 1. The molecule has 7 heteroatoms. The van der Waals surface area contributed by atoms with Crippen LogP contribution in [0.5, 0.6) is 0 Å². The SMILES string of the molecule is CCNC(=NCc1ccc2ccccc2c1)NCCN1C(=O)C2C3C=CC(C3)C2C1=O.I. The Labute approximate surface area is 205 Å². The Balaban J connectivity index is 0.00000245. The van der Waals surface area contributed by atoms with Gasteiger partial charge in [-0.1, -0.05) is 48.6 Å². The molecule has 168 valence electrons. The Morgan fingerprint density at radius 3 is 2.38 bits per heavy atom. The zero-order valence-corrected chi connectivity index (χ0v) is 20.5. The average Bonchev–Trinajstić information content (AvgIpc) is 3.47. The second-order valence-electron chi connectivity index (χ2n) is 8.63. The van der Waals surface area contributed by atoms with Gasteiger partial charge < -0.3 is 10.6 Å². The lowest BCUT2D eigenvalue weighted by atomic mass is 9.85. The van der Waals surface area contributed by atoms with Crippen molar-refractivity contribution in [3.63, 3.8) is 0 Å². The van der Waals surface area contributed by atoms with Crippen LogP contribution in [0.2, 0.25) is 0 Å². The summed E-state index contributed by atoms with van der Waals surface area (Å²) in [6, 6.07) is 14.7. The van der Waals surface area contributed by atoms with Crippen molar-refractivity contribution in [2.75, 3.05) is 19.6 Å². The van der Waals surface area contributed by atoms with Gasteiger partial charge in [-0.3, -0.25) is 14.5 Å². The number of benzene rings is 2. The van der Waals surface area contributed by atoms with E-state index < -0.39 is 0 Å². The fraction of sp³-hybridized carbons (Fsp3) is 0.400. The molecule has 2 aliphatic carbocycles. The number of carbonyl (C=O) groups excluding carboxylic acids is 2. The Morgan fingerprint density at radius 2 is 1.69 bits per heavy atom. The second-order valence-corrected chi connectivity index (χ2v) is 8.63. The van der Waals surface area contributed by atoms with Crippen LogP contribution in [0.15, 0.2) is 59.6 Å². The van der Waals surface area contributed by atoms with Crippen LogP contribution in [-0.4, -0.2) is 42.3 Å². The van der Waals surface area contributed by atoms with Gasteiger partial charge in [0.1, 0.15) is 0 Å². The molecule has 1 heterocycles. The summed E-state index contributed by atoms with van der Waals surface area (Å²) < 4.78 is 0. The van der Waals surface area contributed by atoms with E-state index in [2.05, 4.69) is 58.1 Å². The highest BCUT2D eigenvalue weighted by atomic mass is 127. The summed E-state index contributed by atoms with van der Waals surface area (Å²) in [5.41, 5.74) is 1.14. The van der Waals surface area contributed by atoms with Crippen LogP contribution in [-0.2, 0) is 16.1 Å². The van der Waals surface area contributed by atoms with E-state index in [0.717, 1.165) is 18.5 Å². The second kappa shape index (κ2) is 9.60. The molecule has 2 bridgehead atoms. The van der Waals surface area contributed by atoms with E-state index in [0.29, 0.717) is 25.6 Å². The van der Waals surface area contributed by atoms with Gasteiger partial charge in [-0.05, 0) is 47.6 Å². The number of aliphatic imine (C=N–C) groups is 1. The first-order valence-corrected chi connectivity index (χ1v) is 11.2. The molecule has 3 aliphatic rings. The minimum absolute atomic E-state index is 0. The van der Waals surface area contributed by atoms with E-state index in [1.165, 1.54) is 15.7 Å². The summed E-state index contributed by atoms with van der Waals surface area (Å²) in [7, 11) is 0. The highest BCUT2D eigenvalue weighted by molar-refractivity contribution is 14.0. The number of amides is 2. The number of imide groups is 1. The third-order valence-corrected chi connectivity index (χ3v) is 6.77. The van der Waals surface area contributed by atoms with Crippen molar-refractivity contribution in [3.8, 4) is 0 Å². The summed E-state index contributed by atoms with van der Waals surface area (Å²) >= 11 is 0. The lowest BCUT2D eigenvalue weighted by Gasteiger charge is -2.18. The van der Waals surface area contributed by atoms with Gasteiger partial charge in [0.2, 0.25) is 11.8 Å². The van der Waals surface area contributed by atoms with Crippen molar-refractivity contribution >= 4 is 52.5 Å². The van der Waals surface area contributed by atoms with Gasteiger partial charge in [-0.2, -0.15) is 0 Å². The molecule has 5 rings (SSSR count). The van der Waals surface area contributed by atoms with Gasteiger partial charge in [0.05, 0.1) is 18.4 Å². The van der Waals surface area contributed by atoms with Gasteiger partial charge in [0, 0.05) is 19.6 Å². The zero-order chi connectivity index (χ0) is 21.4. The zero-order valence-electron chi connectivity index (χ0n) is 18.2. The first kappa shape index (κ1) is 22.8. The molecule has 32 heavy (non-hydrogen) atoms. The fourth-order valence-corrected chi connectivity index (χ4v) is 5.32. The highest BCUT2D eigenvalue weighted by Crippen LogP contribution is 2.52. The van der Waals surface area contributed by atoms with Crippen LogP contribution >= 0.6 is 24.0 Å². The quantitative estimate of drug-likeness (QED) is 0.193. The average molecular weight is 544 g/mol.